The highest BCUT2D eigenvalue weighted by molar-refractivity contribution is 7.89. The summed E-state index contributed by atoms with van der Waals surface area (Å²) in [5.41, 5.74) is 1.65. The zero-order valence-corrected chi connectivity index (χ0v) is 19.2. The van der Waals surface area contributed by atoms with Crippen molar-refractivity contribution in [3.63, 3.8) is 0 Å². The molecule has 0 aromatic heterocycles. The molecule has 1 aliphatic rings. The first kappa shape index (κ1) is 23.8. The van der Waals surface area contributed by atoms with Crippen molar-refractivity contribution in [1.82, 2.24) is 9.62 Å². The van der Waals surface area contributed by atoms with E-state index in [0.29, 0.717) is 18.5 Å². The molecule has 0 spiro atoms. The van der Waals surface area contributed by atoms with Crippen molar-refractivity contribution in [3.05, 3.63) is 59.7 Å². The van der Waals surface area contributed by atoms with Gasteiger partial charge >= 0.3 is 5.97 Å². The molecule has 1 atom stereocenters. The van der Waals surface area contributed by atoms with Crippen molar-refractivity contribution in [1.29, 1.82) is 0 Å². The lowest BCUT2D eigenvalue weighted by atomic mass is 10.2. The second kappa shape index (κ2) is 10.6. The van der Waals surface area contributed by atoms with Crippen molar-refractivity contribution in [2.75, 3.05) is 34.4 Å². The highest BCUT2D eigenvalue weighted by atomic mass is 32.2. The number of benzene rings is 2. The number of hydrogen-bond donors (Lipinski definition) is 1. The molecule has 2 aromatic carbocycles. The van der Waals surface area contributed by atoms with Gasteiger partial charge in [-0.1, -0.05) is 30.3 Å². The first-order valence-electron chi connectivity index (χ1n) is 10.2. The van der Waals surface area contributed by atoms with E-state index in [4.69, 9.17) is 9.47 Å². The van der Waals surface area contributed by atoms with Crippen LogP contribution in [-0.4, -0.2) is 59.7 Å². The molecule has 9 heteroatoms. The number of carbonyl (C=O) groups excluding carboxylic acids is 1. The van der Waals surface area contributed by atoms with E-state index in [0.717, 1.165) is 13.1 Å². The smallest absolute Gasteiger partial charge is 0.330 e. The van der Waals surface area contributed by atoms with Gasteiger partial charge in [-0.25, -0.2) is 17.9 Å². The minimum atomic E-state index is -3.91. The summed E-state index contributed by atoms with van der Waals surface area (Å²) in [6.45, 7) is 2.17. The SMILES string of the molecule is COC(=O)/C=C/c1cc(OC)c(OC)c(S(=O)(=O)NC2CCN(Cc3ccccc3)C2)c1. The summed E-state index contributed by atoms with van der Waals surface area (Å²) in [5.74, 6) is -0.196. The van der Waals surface area contributed by atoms with Crippen LogP contribution in [0.5, 0.6) is 11.5 Å². The number of nitrogens with one attached hydrogen (secondary N) is 1. The fourth-order valence-corrected chi connectivity index (χ4v) is 5.15. The lowest BCUT2D eigenvalue weighted by molar-refractivity contribution is -0.134. The minimum absolute atomic E-state index is 0.0506. The third-order valence-electron chi connectivity index (χ3n) is 5.21. The highest BCUT2D eigenvalue weighted by Crippen LogP contribution is 2.36. The largest absolute Gasteiger partial charge is 0.493 e. The number of likely N-dealkylation sites (tertiary alicyclic amines) is 1. The van der Waals surface area contributed by atoms with Crippen molar-refractivity contribution < 1.29 is 27.4 Å². The lowest BCUT2D eigenvalue weighted by Gasteiger charge is -2.19. The molecule has 1 aliphatic heterocycles. The molecule has 1 heterocycles. The fourth-order valence-electron chi connectivity index (χ4n) is 3.67. The molecule has 2 aromatic rings. The molecule has 32 heavy (non-hydrogen) atoms. The molecule has 1 N–H and O–H groups in total. The summed E-state index contributed by atoms with van der Waals surface area (Å²) in [4.78, 5) is 13.6. The second-order valence-corrected chi connectivity index (χ2v) is 9.12. The average Bonchev–Trinajstić information content (AvgIpc) is 3.23. The molecule has 0 saturated carbocycles. The number of sulfonamides is 1. The van der Waals surface area contributed by atoms with E-state index in [-0.39, 0.29) is 22.4 Å². The standard InChI is InChI=1S/C23H28N2O6S/c1-29-20-13-18(9-10-22(26)30-2)14-21(23(20)31-3)32(27,28)24-19-11-12-25(16-19)15-17-7-5-4-6-8-17/h4-10,13-14,19,24H,11-12,15-16H2,1-3H3/b10-9+. The van der Waals surface area contributed by atoms with E-state index in [1.165, 1.54) is 45.1 Å². The molecular weight excluding hydrogens is 432 g/mol. The Bertz CT molecular complexity index is 1070. The minimum Gasteiger partial charge on any atom is -0.493 e. The third kappa shape index (κ3) is 5.87. The molecule has 172 valence electrons. The molecule has 1 saturated heterocycles. The molecule has 0 bridgehead atoms. The van der Waals surface area contributed by atoms with Gasteiger partial charge in [0.05, 0.1) is 21.3 Å². The van der Waals surface area contributed by atoms with Crippen LogP contribution in [0, 0.1) is 0 Å². The zero-order chi connectivity index (χ0) is 23.1. The van der Waals surface area contributed by atoms with Gasteiger partial charge in [-0.15, -0.1) is 0 Å². The molecule has 0 aliphatic carbocycles. The number of esters is 1. The lowest BCUT2D eigenvalue weighted by Crippen LogP contribution is -2.37. The molecule has 1 fully saturated rings. The van der Waals surface area contributed by atoms with Crippen LogP contribution in [0.15, 0.2) is 53.4 Å². The van der Waals surface area contributed by atoms with Crippen LogP contribution in [-0.2, 0) is 26.1 Å². The van der Waals surface area contributed by atoms with Crippen LogP contribution in [0.4, 0.5) is 0 Å². The van der Waals surface area contributed by atoms with E-state index in [9.17, 15) is 13.2 Å². The van der Waals surface area contributed by atoms with Gasteiger partial charge in [0.2, 0.25) is 10.0 Å². The molecule has 0 amide bonds. The van der Waals surface area contributed by atoms with E-state index < -0.39 is 16.0 Å². The van der Waals surface area contributed by atoms with E-state index >= 15 is 0 Å². The number of hydrogen-bond acceptors (Lipinski definition) is 7. The first-order chi connectivity index (χ1) is 15.4. The highest BCUT2D eigenvalue weighted by Gasteiger charge is 2.30. The Morgan fingerprint density at radius 3 is 2.56 bits per heavy atom. The second-order valence-electron chi connectivity index (χ2n) is 7.44. The van der Waals surface area contributed by atoms with Gasteiger partial charge in [0, 0.05) is 31.8 Å². The van der Waals surface area contributed by atoms with E-state index in [2.05, 4.69) is 26.5 Å². The predicted octanol–water partition coefficient (Wildman–Crippen LogP) is 2.44. The van der Waals surface area contributed by atoms with Gasteiger partial charge in [-0.05, 0) is 35.8 Å². The molecule has 0 radical (unpaired) electrons. The Morgan fingerprint density at radius 1 is 1.16 bits per heavy atom. The average molecular weight is 461 g/mol. The number of methoxy groups -OCH3 is 3. The maximum absolute atomic E-state index is 13.3. The zero-order valence-electron chi connectivity index (χ0n) is 18.4. The Labute approximate surface area is 188 Å². The number of rotatable bonds is 9. The van der Waals surface area contributed by atoms with Crippen molar-refractivity contribution in [3.8, 4) is 11.5 Å². The Kier molecular flexibility index (Phi) is 7.89. The van der Waals surface area contributed by atoms with Gasteiger partial charge in [0.15, 0.2) is 11.5 Å². The third-order valence-corrected chi connectivity index (χ3v) is 6.74. The number of nitrogens with zero attached hydrogens (tertiary/aromatic N) is 1. The summed E-state index contributed by atoms with van der Waals surface area (Å²) in [7, 11) is 0.165. The fraction of sp³-hybridized carbons (Fsp3) is 0.348. The summed E-state index contributed by atoms with van der Waals surface area (Å²) in [6, 6.07) is 12.9. The molecule has 1 unspecified atom stereocenters. The van der Waals surface area contributed by atoms with Crippen LogP contribution < -0.4 is 14.2 Å². The molecule has 3 rings (SSSR count). The topological polar surface area (TPSA) is 94.2 Å². The van der Waals surface area contributed by atoms with Gasteiger partial charge in [-0.2, -0.15) is 0 Å². The van der Waals surface area contributed by atoms with Crippen LogP contribution in [0.3, 0.4) is 0 Å². The summed E-state index contributed by atoms with van der Waals surface area (Å²) >= 11 is 0. The van der Waals surface area contributed by atoms with Crippen molar-refractivity contribution >= 4 is 22.1 Å². The maximum Gasteiger partial charge on any atom is 0.330 e. The summed E-state index contributed by atoms with van der Waals surface area (Å²) < 4.78 is 44.6. The summed E-state index contributed by atoms with van der Waals surface area (Å²) in [5, 5.41) is 0. The normalized spacial score (nSPS) is 16.9. The molecular formula is C23H28N2O6S. The Balaban J connectivity index is 1.80. The van der Waals surface area contributed by atoms with E-state index in [1.807, 2.05) is 18.2 Å². The first-order valence-corrected chi connectivity index (χ1v) is 11.6. The Morgan fingerprint density at radius 2 is 1.91 bits per heavy atom. The number of carbonyl (C=O) groups is 1. The quantitative estimate of drug-likeness (QED) is 0.454. The van der Waals surface area contributed by atoms with Crippen LogP contribution >= 0.6 is 0 Å². The van der Waals surface area contributed by atoms with Crippen LogP contribution in [0.25, 0.3) is 6.08 Å². The maximum atomic E-state index is 13.3. The van der Waals surface area contributed by atoms with Crippen LogP contribution in [0.2, 0.25) is 0 Å². The Hall–Kier alpha value is -2.88. The molecule has 8 nitrogen and oxygen atoms in total. The van der Waals surface area contributed by atoms with Crippen molar-refractivity contribution in [2.24, 2.45) is 0 Å². The van der Waals surface area contributed by atoms with Gasteiger partial charge < -0.3 is 14.2 Å². The van der Waals surface area contributed by atoms with Gasteiger partial charge in [-0.3, -0.25) is 4.90 Å². The van der Waals surface area contributed by atoms with E-state index in [1.54, 1.807) is 6.07 Å². The predicted molar refractivity (Wildman–Crippen MR) is 121 cm³/mol. The summed E-state index contributed by atoms with van der Waals surface area (Å²) in [6.07, 6.45) is 3.38. The van der Waals surface area contributed by atoms with Crippen molar-refractivity contribution in [2.45, 2.75) is 23.9 Å². The monoisotopic (exact) mass is 460 g/mol. The number of ether oxygens (including phenoxy) is 3. The van der Waals surface area contributed by atoms with Crippen LogP contribution in [0.1, 0.15) is 17.5 Å². The van der Waals surface area contributed by atoms with Gasteiger partial charge in [0.1, 0.15) is 4.90 Å². The van der Waals surface area contributed by atoms with Gasteiger partial charge in [0.25, 0.3) is 0 Å².